The summed E-state index contributed by atoms with van der Waals surface area (Å²) in [6.07, 6.45) is 0.212. The first-order valence-electron chi connectivity index (χ1n) is 8.40. The SMILES string of the molecule is COc1ccc(-c2csc(NC(=O)Cc3ccc(NC(C)=O)cc3)n2)cc1Cl. The molecule has 3 rings (SSSR count). The van der Waals surface area contributed by atoms with Crippen LogP contribution >= 0.6 is 22.9 Å². The molecule has 6 nitrogen and oxygen atoms in total. The summed E-state index contributed by atoms with van der Waals surface area (Å²) in [6, 6.07) is 12.5. The van der Waals surface area contributed by atoms with Gasteiger partial charge >= 0.3 is 0 Å². The molecule has 2 aromatic carbocycles. The van der Waals surface area contributed by atoms with Gasteiger partial charge in [-0.2, -0.15) is 0 Å². The molecule has 28 heavy (non-hydrogen) atoms. The van der Waals surface area contributed by atoms with E-state index in [1.165, 1.54) is 18.3 Å². The van der Waals surface area contributed by atoms with E-state index in [-0.39, 0.29) is 18.2 Å². The van der Waals surface area contributed by atoms with E-state index in [9.17, 15) is 9.59 Å². The number of anilines is 2. The molecule has 0 aliphatic heterocycles. The van der Waals surface area contributed by atoms with Gasteiger partial charge in [-0.25, -0.2) is 4.98 Å². The van der Waals surface area contributed by atoms with Crippen LogP contribution in [0.25, 0.3) is 11.3 Å². The van der Waals surface area contributed by atoms with Crippen molar-refractivity contribution in [2.24, 2.45) is 0 Å². The molecule has 3 aromatic rings. The molecular weight excluding hydrogens is 398 g/mol. The molecule has 0 unspecified atom stereocenters. The molecule has 1 aromatic heterocycles. The highest BCUT2D eigenvalue weighted by Gasteiger charge is 2.11. The molecular formula is C20H18ClN3O3S. The number of methoxy groups -OCH3 is 1. The highest BCUT2D eigenvalue weighted by molar-refractivity contribution is 7.14. The lowest BCUT2D eigenvalue weighted by molar-refractivity contribution is -0.116. The number of ether oxygens (including phenoxy) is 1. The third kappa shape index (κ3) is 5.09. The average molecular weight is 416 g/mol. The smallest absolute Gasteiger partial charge is 0.230 e. The molecule has 2 amide bonds. The van der Waals surface area contributed by atoms with E-state index in [0.29, 0.717) is 21.6 Å². The lowest BCUT2D eigenvalue weighted by Gasteiger charge is -2.05. The van der Waals surface area contributed by atoms with Crippen molar-refractivity contribution in [2.45, 2.75) is 13.3 Å². The van der Waals surface area contributed by atoms with E-state index >= 15 is 0 Å². The van der Waals surface area contributed by atoms with Gasteiger partial charge in [0.15, 0.2) is 5.13 Å². The van der Waals surface area contributed by atoms with Crippen LogP contribution in [0.3, 0.4) is 0 Å². The van der Waals surface area contributed by atoms with Gasteiger partial charge < -0.3 is 15.4 Å². The van der Waals surface area contributed by atoms with Crippen LogP contribution in [0.4, 0.5) is 10.8 Å². The second-order valence-electron chi connectivity index (χ2n) is 5.99. The maximum atomic E-state index is 12.3. The molecule has 2 N–H and O–H groups in total. The van der Waals surface area contributed by atoms with Crippen LogP contribution in [0, 0.1) is 0 Å². The van der Waals surface area contributed by atoms with E-state index in [1.807, 2.05) is 11.4 Å². The Hall–Kier alpha value is -2.90. The summed E-state index contributed by atoms with van der Waals surface area (Å²) in [5.41, 5.74) is 3.10. The number of aromatic nitrogens is 1. The van der Waals surface area contributed by atoms with Gasteiger partial charge in [-0.15, -0.1) is 11.3 Å². The van der Waals surface area contributed by atoms with Crippen LogP contribution < -0.4 is 15.4 Å². The molecule has 0 fully saturated rings. The van der Waals surface area contributed by atoms with Gasteiger partial charge in [-0.05, 0) is 35.9 Å². The molecule has 0 bridgehead atoms. The van der Waals surface area contributed by atoms with Crippen LogP contribution in [0.5, 0.6) is 5.75 Å². The summed E-state index contributed by atoms with van der Waals surface area (Å²) in [5.74, 6) is 0.294. The summed E-state index contributed by atoms with van der Waals surface area (Å²) in [7, 11) is 1.56. The highest BCUT2D eigenvalue weighted by Crippen LogP contribution is 2.31. The van der Waals surface area contributed by atoms with E-state index in [1.54, 1.807) is 43.5 Å². The molecule has 0 spiro atoms. The number of thiazole rings is 1. The number of halogens is 1. The fourth-order valence-electron chi connectivity index (χ4n) is 2.55. The van der Waals surface area contributed by atoms with E-state index in [0.717, 1.165) is 16.8 Å². The molecule has 0 aliphatic carbocycles. The Bertz CT molecular complexity index is 1000. The Labute approximate surface area is 171 Å². The molecule has 0 saturated heterocycles. The number of carbonyl (C=O) groups is 2. The Kier molecular flexibility index (Phi) is 6.28. The van der Waals surface area contributed by atoms with Crippen molar-refractivity contribution in [3.05, 3.63) is 58.4 Å². The Balaban J connectivity index is 1.62. The minimum Gasteiger partial charge on any atom is -0.495 e. The van der Waals surface area contributed by atoms with E-state index in [2.05, 4.69) is 15.6 Å². The normalized spacial score (nSPS) is 10.4. The third-order valence-corrected chi connectivity index (χ3v) is 4.89. The fraction of sp³-hybridized carbons (Fsp3) is 0.150. The number of benzene rings is 2. The molecule has 0 atom stereocenters. The van der Waals surface area contributed by atoms with Crippen molar-refractivity contribution in [3.63, 3.8) is 0 Å². The quantitative estimate of drug-likeness (QED) is 0.616. The average Bonchev–Trinajstić information content (AvgIpc) is 3.11. The molecule has 1 heterocycles. The number of nitrogens with one attached hydrogen (secondary N) is 2. The predicted molar refractivity (Wildman–Crippen MR) is 112 cm³/mol. The van der Waals surface area contributed by atoms with Crippen LogP contribution in [-0.2, 0) is 16.0 Å². The number of carbonyl (C=O) groups excluding carboxylic acids is 2. The Morgan fingerprint density at radius 1 is 1.14 bits per heavy atom. The molecule has 8 heteroatoms. The zero-order chi connectivity index (χ0) is 20.1. The van der Waals surface area contributed by atoms with Gasteiger partial charge in [0.25, 0.3) is 0 Å². The Morgan fingerprint density at radius 2 is 1.89 bits per heavy atom. The number of hydrogen-bond donors (Lipinski definition) is 2. The van der Waals surface area contributed by atoms with Crippen LogP contribution in [-0.4, -0.2) is 23.9 Å². The Morgan fingerprint density at radius 3 is 2.54 bits per heavy atom. The van der Waals surface area contributed by atoms with Gasteiger partial charge in [0.1, 0.15) is 5.75 Å². The van der Waals surface area contributed by atoms with E-state index < -0.39 is 0 Å². The van der Waals surface area contributed by atoms with Crippen molar-refractivity contribution >= 4 is 45.6 Å². The van der Waals surface area contributed by atoms with Gasteiger partial charge in [0.2, 0.25) is 11.8 Å². The topological polar surface area (TPSA) is 80.3 Å². The van der Waals surface area contributed by atoms with Gasteiger partial charge in [0, 0.05) is 23.6 Å². The van der Waals surface area contributed by atoms with E-state index in [4.69, 9.17) is 16.3 Å². The molecule has 0 radical (unpaired) electrons. The summed E-state index contributed by atoms with van der Waals surface area (Å²) in [4.78, 5) is 27.8. The van der Waals surface area contributed by atoms with Crippen molar-refractivity contribution in [1.82, 2.24) is 4.98 Å². The first-order chi connectivity index (χ1) is 13.4. The van der Waals surface area contributed by atoms with Crippen LogP contribution in [0.2, 0.25) is 5.02 Å². The second-order valence-corrected chi connectivity index (χ2v) is 7.26. The first-order valence-corrected chi connectivity index (χ1v) is 9.66. The standard InChI is InChI=1S/C20H18ClN3O3S/c1-12(25)22-15-6-3-13(4-7-15)9-19(26)24-20-23-17(11-28-20)14-5-8-18(27-2)16(21)10-14/h3-8,10-11H,9H2,1-2H3,(H,22,25)(H,23,24,26). The molecule has 144 valence electrons. The largest absolute Gasteiger partial charge is 0.495 e. The fourth-order valence-corrected chi connectivity index (χ4v) is 3.54. The maximum Gasteiger partial charge on any atom is 0.230 e. The van der Waals surface area contributed by atoms with Crippen molar-refractivity contribution < 1.29 is 14.3 Å². The molecule has 0 saturated carbocycles. The number of amides is 2. The third-order valence-electron chi connectivity index (χ3n) is 3.84. The van der Waals surface area contributed by atoms with Crippen molar-refractivity contribution in [2.75, 3.05) is 17.7 Å². The summed E-state index contributed by atoms with van der Waals surface area (Å²) in [6.45, 7) is 1.45. The minimum atomic E-state index is -0.166. The second kappa shape index (κ2) is 8.86. The number of rotatable bonds is 6. The maximum absolute atomic E-state index is 12.3. The summed E-state index contributed by atoms with van der Waals surface area (Å²) < 4.78 is 5.15. The first kappa shape index (κ1) is 19.9. The van der Waals surface area contributed by atoms with Crippen LogP contribution in [0.1, 0.15) is 12.5 Å². The number of hydrogen-bond acceptors (Lipinski definition) is 5. The zero-order valence-corrected chi connectivity index (χ0v) is 16.9. The van der Waals surface area contributed by atoms with Crippen LogP contribution in [0.15, 0.2) is 47.8 Å². The number of nitrogens with zero attached hydrogens (tertiary/aromatic N) is 1. The molecule has 0 aliphatic rings. The summed E-state index contributed by atoms with van der Waals surface area (Å²) in [5, 5.41) is 8.37. The van der Waals surface area contributed by atoms with Gasteiger partial charge in [-0.1, -0.05) is 23.7 Å². The highest BCUT2D eigenvalue weighted by atomic mass is 35.5. The zero-order valence-electron chi connectivity index (χ0n) is 15.3. The van der Waals surface area contributed by atoms with Gasteiger partial charge in [0.05, 0.1) is 24.2 Å². The predicted octanol–water partition coefficient (Wildman–Crippen LogP) is 4.61. The van der Waals surface area contributed by atoms with Gasteiger partial charge in [-0.3, -0.25) is 9.59 Å². The summed E-state index contributed by atoms with van der Waals surface area (Å²) >= 11 is 7.50. The lowest BCUT2D eigenvalue weighted by Crippen LogP contribution is -2.14. The van der Waals surface area contributed by atoms with Crippen molar-refractivity contribution in [3.8, 4) is 17.0 Å². The minimum absolute atomic E-state index is 0.136. The lowest BCUT2D eigenvalue weighted by atomic mass is 10.1. The van der Waals surface area contributed by atoms with Crippen molar-refractivity contribution in [1.29, 1.82) is 0 Å². The monoisotopic (exact) mass is 415 g/mol.